The Kier molecular flexibility index (Phi) is 4.41. The number of hydrogen-bond donors (Lipinski definition) is 2. The number of aromatic nitrogens is 5. The summed E-state index contributed by atoms with van der Waals surface area (Å²) in [5, 5.41) is 23.0. The highest BCUT2D eigenvalue weighted by molar-refractivity contribution is 6.30. The molecule has 5 rings (SSSR count). The average molecular weight is 431 g/mol. The third-order valence-corrected chi connectivity index (χ3v) is 5.13. The Morgan fingerprint density at radius 2 is 1.68 bits per heavy atom. The standard InChI is InChI=1S/C22H15ClN6O2/c23-15-7-9-16(10-8-15)28-20(14-6-11-19(24)27(31)13-14)26-21-18(22(28)30)12-25-29(21)17-4-2-1-3-5-17/h1-13,24,31H. The molecule has 0 spiro atoms. The number of nitrogens with one attached hydrogen (secondary N) is 1. The van der Waals surface area contributed by atoms with Crippen LogP contribution in [0.25, 0.3) is 33.8 Å². The maximum atomic E-state index is 13.5. The van der Waals surface area contributed by atoms with Crippen LogP contribution in [0.2, 0.25) is 5.02 Å². The molecule has 0 aliphatic rings. The van der Waals surface area contributed by atoms with Gasteiger partial charge >= 0.3 is 0 Å². The normalized spacial score (nSPS) is 11.1. The molecule has 5 aromatic rings. The summed E-state index contributed by atoms with van der Waals surface area (Å²) in [6.45, 7) is 0. The predicted octanol–water partition coefficient (Wildman–Crippen LogP) is 3.41. The summed E-state index contributed by atoms with van der Waals surface area (Å²) in [6, 6.07) is 19.2. The molecule has 2 N–H and O–H groups in total. The molecule has 0 aliphatic heterocycles. The number of pyridine rings is 1. The third-order valence-electron chi connectivity index (χ3n) is 4.87. The zero-order valence-corrected chi connectivity index (χ0v) is 16.7. The first-order valence-corrected chi connectivity index (χ1v) is 9.70. The van der Waals surface area contributed by atoms with E-state index in [0.717, 1.165) is 5.69 Å². The SMILES string of the molecule is N=c1ccc(-c2nc3c(cnn3-c3ccccc3)c(=O)n2-c2ccc(Cl)cc2)cn1O. The van der Waals surface area contributed by atoms with E-state index in [1.807, 2.05) is 30.3 Å². The lowest BCUT2D eigenvalue weighted by atomic mass is 10.2. The largest absolute Gasteiger partial charge is 0.427 e. The first-order chi connectivity index (χ1) is 15.0. The molecule has 0 bridgehead atoms. The first-order valence-electron chi connectivity index (χ1n) is 9.32. The summed E-state index contributed by atoms with van der Waals surface area (Å²) in [5.41, 5.74) is 1.75. The molecule has 0 amide bonds. The zero-order valence-electron chi connectivity index (χ0n) is 16.0. The van der Waals surface area contributed by atoms with Gasteiger partial charge in [-0.15, -0.1) is 0 Å². The molecular weight excluding hydrogens is 416 g/mol. The molecule has 9 heteroatoms. The number of halogens is 1. The van der Waals surface area contributed by atoms with Crippen molar-refractivity contribution in [1.29, 1.82) is 5.41 Å². The Balaban J connectivity index is 1.87. The lowest BCUT2D eigenvalue weighted by Gasteiger charge is -2.14. The quantitative estimate of drug-likeness (QED) is 0.428. The van der Waals surface area contributed by atoms with Crippen molar-refractivity contribution in [3.63, 3.8) is 0 Å². The monoisotopic (exact) mass is 430 g/mol. The first kappa shape index (κ1) is 18.8. The van der Waals surface area contributed by atoms with Gasteiger partial charge in [-0.2, -0.15) is 9.83 Å². The highest BCUT2D eigenvalue weighted by atomic mass is 35.5. The van der Waals surface area contributed by atoms with Crippen LogP contribution in [-0.2, 0) is 0 Å². The van der Waals surface area contributed by atoms with E-state index in [9.17, 15) is 10.0 Å². The number of rotatable bonds is 3. The van der Waals surface area contributed by atoms with Crippen molar-refractivity contribution in [2.24, 2.45) is 0 Å². The summed E-state index contributed by atoms with van der Waals surface area (Å²) in [7, 11) is 0. The predicted molar refractivity (Wildman–Crippen MR) is 116 cm³/mol. The summed E-state index contributed by atoms with van der Waals surface area (Å²) in [5.74, 6) is 0.292. The molecule has 2 aromatic carbocycles. The summed E-state index contributed by atoms with van der Waals surface area (Å²) < 4.78 is 3.71. The molecule has 31 heavy (non-hydrogen) atoms. The Morgan fingerprint density at radius 3 is 2.39 bits per heavy atom. The average Bonchev–Trinajstić information content (AvgIpc) is 3.21. The van der Waals surface area contributed by atoms with Crippen molar-refractivity contribution >= 4 is 22.6 Å². The highest BCUT2D eigenvalue weighted by Crippen LogP contribution is 2.23. The van der Waals surface area contributed by atoms with Crippen molar-refractivity contribution in [2.75, 3.05) is 0 Å². The summed E-state index contributed by atoms with van der Waals surface area (Å²) >= 11 is 6.03. The second-order valence-electron chi connectivity index (χ2n) is 6.83. The van der Waals surface area contributed by atoms with Crippen molar-refractivity contribution < 1.29 is 5.21 Å². The third kappa shape index (κ3) is 3.19. The van der Waals surface area contributed by atoms with Crippen LogP contribution < -0.4 is 11.0 Å². The number of para-hydroxylation sites is 1. The van der Waals surface area contributed by atoms with E-state index in [4.69, 9.17) is 22.0 Å². The van der Waals surface area contributed by atoms with Gasteiger partial charge in [-0.3, -0.25) is 14.8 Å². The van der Waals surface area contributed by atoms with Crippen LogP contribution in [0.4, 0.5) is 0 Å². The molecule has 0 radical (unpaired) electrons. The van der Waals surface area contributed by atoms with Gasteiger partial charge in [0.2, 0.25) is 0 Å². The molecule has 8 nitrogen and oxygen atoms in total. The fourth-order valence-electron chi connectivity index (χ4n) is 3.37. The second-order valence-corrected chi connectivity index (χ2v) is 7.27. The van der Waals surface area contributed by atoms with Gasteiger partial charge in [-0.05, 0) is 48.5 Å². The molecule has 152 valence electrons. The smallest absolute Gasteiger partial charge is 0.269 e. The van der Waals surface area contributed by atoms with E-state index in [0.29, 0.717) is 37.9 Å². The lowest BCUT2D eigenvalue weighted by molar-refractivity contribution is 0.171. The topological polar surface area (TPSA) is 102 Å². The van der Waals surface area contributed by atoms with Crippen LogP contribution in [0.3, 0.4) is 0 Å². The number of fused-ring (bicyclic) bond motifs is 1. The van der Waals surface area contributed by atoms with Gasteiger partial charge in [-0.1, -0.05) is 29.8 Å². The number of nitrogens with zero attached hydrogens (tertiary/aromatic N) is 5. The Hall–Kier alpha value is -4.17. The van der Waals surface area contributed by atoms with E-state index < -0.39 is 0 Å². The minimum Gasteiger partial charge on any atom is -0.427 e. The van der Waals surface area contributed by atoms with Crippen LogP contribution in [0.1, 0.15) is 0 Å². The number of hydrogen-bond acceptors (Lipinski definition) is 5. The highest BCUT2D eigenvalue weighted by Gasteiger charge is 2.19. The van der Waals surface area contributed by atoms with Crippen molar-refractivity contribution in [3.05, 3.63) is 100.0 Å². The second kappa shape index (κ2) is 7.26. The van der Waals surface area contributed by atoms with E-state index in [2.05, 4.69) is 5.10 Å². The minimum absolute atomic E-state index is 0.0976. The Labute approximate surface area is 180 Å². The number of benzene rings is 2. The van der Waals surface area contributed by atoms with Crippen LogP contribution in [0.15, 0.2) is 83.9 Å². The fraction of sp³-hybridized carbons (Fsp3) is 0. The molecule has 0 atom stereocenters. The molecule has 0 aliphatic carbocycles. The Morgan fingerprint density at radius 1 is 0.935 bits per heavy atom. The molecular formula is C22H15ClN6O2. The van der Waals surface area contributed by atoms with E-state index in [1.54, 1.807) is 35.0 Å². The van der Waals surface area contributed by atoms with E-state index >= 15 is 0 Å². The van der Waals surface area contributed by atoms with Crippen LogP contribution in [-0.4, -0.2) is 29.3 Å². The van der Waals surface area contributed by atoms with E-state index in [1.165, 1.54) is 23.0 Å². The van der Waals surface area contributed by atoms with Crippen LogP contribution in [0, 0.1) is 5.41 Å². The van der Waals surface area contributed by atoms with Crippen molar-refractivity contribution in [3.8, 4) is 22.8 Å². The molecule has 3 aromatic heterocycles. The van der Waals surface area contributed by atoms with Crippen LogP contribution >= 0.6 is 11.6 Å². The summed E-state index contributed by atoms with van der Waals surface area (Å²) in [6.07, 6.45) is 2.83. The van der Waals surface area contributed by atoms with Gasteiger partial charge < -0.3 is 5.21 Å². The van der Waals surface area contributed by atoms with Crippen LogP contribution in [0.5, 0.6) is 0 Å². The van der Waals surface area contributed by atoms with E-state index in [-0.39, 0.29) is 11.0 Å². The fourth-order valence-corrected chi connectivity index (χ4v) is 3.50. The molecule has 0 saturated heterocycles. The molecule has 0 unspecified atom stereocenters. The lowest BCUT2D eigenvalue weighted by Crippen LogP contribution is -2.23. The minimum atomic E-state index is -0.316. The van der Waals surface area contributed by atoms with Gasteiger partial charge in [0.1, 0.15) is 5.39 Å². The van der Waals surface area contributed by atoms with Gasteiger partial charge in [0.25, 0.3) is 5.56 Å². The molecule has 3 heterocycles. The maximum Gasteiger partial charge on any atom is 0.269 e. The van der Waals surface area contributed by atoms with Gasteiger partial charge in [0.05, 0.1) is 23.8 Å². The molecule has 0 saturated carbocycles. The zero-order chi connectivity index (χ0) is 21.5. The summed E-state index contributed by atoms with van der Waals surface area (Å²) in [4.78, 5) is 18.3. The Bertz CT molecular complexity index is 1540. The van der Waals surface area contributed by atoms with Gasteiger partial charge in [-0.25, -0.2) is 9.67 Å². The molecule has 0 fully saturated rings. The van der Waals surface area contributed by atoms with Gasteiger partial charge in [0, 0.05) is 10.6 Å². The maximum absolute atomic E-state index is 13.5. The van der Waals surface area contributed by atoms with Crippen molar-refractivity contribution in [1.82, 2.24) is 24.1 Å². The van der Waals surface area contributed by atoms with Gasteiger partial charge in [0.15, 0.2) is 17.0 Å². The van der Waals surface area contributed by atoms with Crippen molar-refractivity contribution in [2.45, 2.75) is 0 Å².